The van der Waals surface area contributed by atoms with Crippen molar-refractivity contribution in [1.82, 2.24) is 0 Å². The molecule has 1 atom stereocenters. The molecule has 4 nitrogen and oxygen atoms in total. The average molecular weight is 331 g/mol. The van der Waals surface area contributed by atoms with Crippen molar-refractivity contribution >= 4 is 11.6 Å². The van der Waals surface area contributed by atoms with Crippen LogP contribution in [0.4, 0.5) is 0 Å². The van der Waals surface area contributed by atoms with Crippen LogP contribution in [0.2, 0.25) is 5.02 Å². The van der Waals surface area contributed by atoms with Crippen LogP contribution in [0.1, 0.15) is 30.9 Å². The third-order valence-corrected chi connectivity index (χ3v) is 4.04. The molecule has 1 rings (SSSR count). The second-order valence-electron chi connectivity index (χ2n) is 6.53. The van der Waals surface area contributed by atoms with Crippen LogP contribution in [-0.4, -0.2) is 51.5 Å². The van der Waals surface area contributed by atoms with Crippen molar-refractivity contribution in [2.45, 2.75) is 32.8 Å². The summed E-state index contributed by atoms with van der Waals surface area (Å²) in [6.07, 6.45) is -0.465. The van der Waals surface area contributed by atoms with Gasteiger partial charge in [-0.15, -0.1) is 0 Å². The molecule has 0 fully saturated rings. The van der Waals surface area contributed by atoms with E-state index in [4.69, 9.17) is 16.3 Å². The Hall–Kier alpha value is -0.810. The van der Waals surface area contributed by atoms with Crippen LogP contribution in [0.25, 0.3) is 0 Å². The zero-order chi connectivity index (χ0) is 16.7. The molecule has 0 aliphatic carbocycles. The van der Waals surface area contributed by atoms with Crippen LogP contribution in [-0.2, 0) is 0 Å². The van der Waals surface area contributed by atoms with Crippen LogP contribution < -0.4 is 15.0 Å². The molecule has 5 heteroatoms. The molecular weight excluding hydrogens is 300 g/mol. The first-order chi connectivity index (χ1) is 10.3. The van der Waals surface area contributed by atoms with Crippen molar-refractivity contribution in [3.8, 4) is 5.75 Å². The van der Waals surface area contributed by atoms with Gasteiger partial charge in [-0.3, -0.25) is 0 Å². The summed E-state index contributed by atoms with van der Waals surface area (Å²) in [4.78, 5) is 1.42. The van der Waals surface area contributed by atoms with Gasteiger partial charge < -0.3 is 20.1 Å². The Morgan fingerprint density at radius 1 is 1.32 bits per heavy atom. The number of aliphatic hydroxyl groups is 1. The molecule has 22 heavy (non-hydrogen) atoms. The van der Waals surface area contributed by atoms with E-state index in [0.717, 1.165) is 35.0 Å². The van der Waals surface area contributed by atoms with Gasteiger partial charge in [0.05, 0.1) is 14.1 Å². The van der Waals surface area contributed by atoms with Gasteiger partial charge in [-0.25, -0.2) is 0 Å². The van der Waals surface area contributed by atoms with E-state index in [1.54, 1.807) is 0 Å². The molecule has 0 radical (unpaired) electrons. The van der Waals surface area contributed by atoms with Gasteiger partial charge in [0.1, 0.15) is 38.1 Å². The van der Waals surface area contributed by atoms with E-state index in [-0.39, 0.29) is 0 Å². The fourth-order valence-corrected chi connectivity index (χ4v) is 2.37. The van der Waals surface area contributed by atoms with Gasteiger partial charge >= 0.3 is 0 Å². The number of hydrogen-bond acceptors (Lipinski definition) is 2. The largest absolute Gasteiger partial charge is 0.490 e. The van der Waals surface area contributed by atoms with Crippen molar-refractivity contribution < 1.29 is 20.1 Å². The lowest BCUT2D eigenvalue weighted by molar-refractivity contribution is -0.874. The van der Waals surface area contributed by atoms with E-state index in [1.165, 1.54) is 4.90 Å². The number of nitrogens with one attached hydrogen (secondary N) is 1. The minimum atomic E-state index is -0.465. The SMILES string of the molecule is Cc1cc(OC[C@@H](O)C[NH2+]CC[NH+](C)C)c(C(C)C)cc1Cl. The number of nitrogens with two attached hydrogens (primary N) is 1. The number of halogens is 1. The summed E-state index contributed by atoms with van der Waals surface area (Å²) in [5.74, 6) is 1.16. The highest BCUT2D eigenvalue weighted by Gasteiger charge is 2.14. The lowest BCUT2D eigenvalue weighted by Gasteiger charge is -2.17. The summed E-state index contributed by atoms with van der Waals surface area (Å²) in [5, 5.41) is 12.9. The van der Waals surface area contributed by atoms with E-state index in [9.17, 15) is 5.11 Å². The number of ether oxygens (including phenoxy) is 1. The van der Waals surface area contributed by atoms with Crippen LogP contribution in [0.5, 0.6) is 5.75 Å². The third-order valence-electron chi connectivity index (χ3n) is 3.63. The minimum Gasteiger partial charge on any atom is -0.490 e. The summed E-state index contributed by atoms with van der Waals surface area (Å²) in [6.45, 7) is 9.26. The second kappa shape index (κ2) is 9.36. The maximum Gasteiger partial charge on any atom is 0.137 e. The first-order valence-corrected chi connectivity index (χ1v) is 8.40. The predicted molar refractivity (Wildman–Crippen MR) is 91.1 cm³/mol. The zero-order valence-electron chi connectivity index (χ0n) is 14.4. The summed E-state index contributed by atoms with van der Waals surface area (Å²) < 4.78 is 5.84. The van der Waals surface area contributed by atoms with Gasteiger partial charge in [0.25, 0.3) is 0 Å². The predicted octanol–water partition coefficient (Wildman–Crippen LogP) is 0.219. The summed E-state index contributed by atoms with van der Waals surface area (Å²) in [7, 11) is 4.26. The van der Waals surface area contributed by atoms with Crippen molar-refractivity contribution in [3.63, 3.8) is 0 Å². The standard InChI is InChI=1S/C17H29ClN2O2/c1-12(2)15-9-16(18)13(3)8-17(15)22-11-14(21)10-19-6-7-20(4)5/h8-9,12,14,19,21H,6-7,10-11H2,1-5H3/p+2/t14-/m0/s1. The molecule has 0 bridgehead atoms. The molecule has 1 aromatic carbocycles. The molecule has 126 valence electrons. The molecule has 0 aromatic heterocycles. The number of quaternary nitrogens is 2. The second-order valence-corrected chi connectivity index (χ2v) is 6.94. The van der Waals surface area contributed by atoms with Gasteiger partial charge in [0.2, 0.25) is 0 Å². The smallest absolute Gasteiger partial charge is 0.137 e. The number of likely N-dealkylation sites (N-methyl/N-ethyl adjacent to an activating group) is 1. The lowest BCUT2D eigenvalue weighted by Crippen LogP contribution is -3.09. The van der Waals surface area contributed by atoms with Crippen LogP contribution in [0, 0.1) is 6.92 Å². The Morgan fingerprint density at radius 3 is 2.59 bits per heavy atom. The average Bonchev–Trinajstić information content (AvgIpc) is 2.44. The molecule has 4 N–H and O–H groups in total. The maximum atomic E-state index is 10.0. The summed E-state index contributed by atoms with van der Waals surface area (Å²) >= 11 is 6.19. The Morgan fingerprint density at radius 2 is 2.00 bits per heavy atom. The normalized spacial score (nSPS) is 13.0. The van der Waals surface area contributed by atoms with Crippen LogP contribution >= 0.6 is 11.6 Å². The summed E-state index contributed by atoms with van der Waals surface area (Å²) in [6, 6.07) is 3.93. The Kier molecular flexibility index (Phi) is 8.18. The van der Waals surface area contributed by atoms with Crippen molar-refractivity contribution in [3.05, 3.63) is 28.3 Å². The molecule has 0 spiro atoms. The number of rotatable bonds is 9. The highest BCUT2D eigenvalue weighted by molar-refractivity contribution is 6.31. The van der Waals surface area contributed by atoms with Gasteiger partial charge in [-0.05, 0) is 36.1 Å². The minimum absolute atomic E-state index is 0.312. The van der Waals surface area contributed by atoms with Gasteiger partial charge in [-0.1, -0.05) is 25.4 Å². The van der Waals surface area contributed by atoms with Gasteiger partial charge in [0, 0.05) is 5.02 Å². The number of aliphatic hydroxyl groups excluding tert-OH is 1. The molecule has 0 unspecified atom stereocenters. The highest BCUT2D eigenvalue weighted by Crippen LogP contribution is 2.31. The van der Waals surface area contributed by atoms with Gasteiger partial charge in [-0.2, -0.15) is 0 Å². The van der Waals surface area contributed by atoms with Crippen molar-refractivity contribution in [2.24, 2.45) is 0 Å². The summed E-state index contributed by atoms with van der Waals surface area (Å²) in [5.41, 5.74) is 2.08. The Bertz CT molecular complexity index is 464. The number of hydrogen-bond donors (Lipinski definition) is 3. The molecular formula is C17H31ClN2O2+2. The Balaban J connectivity index is 2.51. The van der Waals surface area contributed by atoms with Crippen LogP contribution in [0.15, 0.2) is 12.1 Å². The van der Waals surface area contributed by atoms with Crippen molar-refractivity contribution in [2.75, 3.05) is 40.3 Å². The number of aryl methyl sites for hydroxylation is 1. The molecule has 0 heterocycles. The monoisotopic (exact) mass is 330 g/mol. The van der Waals surface area contributed by atoms with E-state index in [0.29, 0.717) is 19.1 Å². The molecule has 1 aromatic rings. The molecule has 0 aliphatic rings. The number of benzene rings is 1. The quantitative estimate of drug-likeness (QED) is 0.567. The first kappa shape index (κ1) is 19.2. The van der Waals surface area contributed by atoms with E-state index in [1.807, 2.05) is 19.1 Å². The molecule has 0 aliphatic heterocycles. The zero-order valence-corrected chi connectivity index (χ0v) is 15.2. The molecule has 0 amide bonds. The van der Waals surface area contributed by atoms with E-state index in [2.05, 4.69) is 33.3 Å². The first-order valence-electron chi connectivity index (χ1n) is 8.02. The fraction of sp³-hybridized carbons (Fsp3) is 0.647. The lowest BCUT2D eigenvalue weighted by atomic mass is 10.0. The Labute approximate surface area is 139 Å². The highest BCUT2D eigenvalue weighted by atomic mass is 35.5. The third kappa shape index (κ3) is 6.53. The van der Waals surface area contributed by atoms with E-state index < -0.39 is 6.10 Å². The van der Waals surface area contributed by atoms with Crippen molar-refractivity contribution in [1.29, 1.82) is 0 Å². The maximum absolute atomic E-state index is 10.0. The van der Waals surface area contributed by atoms with Crippen LogP contribution in [0.3, 0.4) is 0 Å². The molecule has 0 saturated carbocycles. The van der Waals surface area contributed by atoms with E-state index >= 15 is 0 Å². The fourth-order valence-electron chi connectivity index (χ4n) is 2.20. The topological polar surface area (TPSA) is 50.5 Å². The molecule has 0 saturated heterocycles. The van der Waals surface area contributed by atoms with Gasteiger partial charge in [0.15, 0.2) is 0 Å².